The Hall–Kier alpha value is -2.18. The minimum absolute atomic E-state index is 0.0935. The first-order valence-electron chi connectivity index (χ1n) is 8.91. The third-order valence-electron chi connectivity index (χ3n) is 4.18. The van der Waals surface area contributed by atoms with E-state index in [0.29, 0.717) is 16.2 Å². The maximum Gasteiger partial charge on any atom is 0.230 e. The predicted octanol–water partition coefficient (Wildman–Crippen LogP) is 5.39. The van der Waals surface area contributed by atoms with Gasteiger partial charge in [-0.15, -0.1) is 23.5 Å². The van der Waals surface area contributed by atoms with Crippen LogP contribution in [0.25, 0.3) is 11.5 Å². The summed E-state index contributed by atoms with van der Waals surface area (Å²) in [5, 5.41) is 2.98. The van der Waals surface area contributed by atoms with E-state index in [1.807, 2.05) is 66.0 Å². The number of oxazole rings is 1. The Bertz CT molecular complexity index is 905. The third-order valence-corrected chi connectivity index (χ3v) is 7.20. The van der Waals surface area contributed by atoms with Gasteiger partial charge in [-0.2, -0.15) is 0 Å². The highest BCUT2D eigenvalue weighted by Crippen LogP contribution is 2.44. The Labute approximate surface area is 167 Å². The largest absolute Gasteiger partial charge is 0.444 e. The number of nitrogens with zero attached hydrogens (tertiary/aromatic N) is 1. The molecule has 138 valence electrons. The van der Waals surface area contributed by atoms with E-state index >= 15 is 0 Å². The Morgan fingerprint density at radius 3 is 2.74 bits per heavy atom. The first kappa shape index (κ1) is 18.2. The molecule has 1 saturated heterocycles. The minimum atomic E-state index is -0.0935. The maximum atomic E-state index is 12.4. The summed E-state index contributed by atoms with van der Waals surface area (Å²) in [6, 6.07) is 17.8. The van der Waals surface area contributed by atoms with Gasteiger partial charge in [0, 0.05) is 11.3 Å². The number of aromatic nitrogens is 1. The lowest BCUT2D eigenvalue weighted by Gasteiger charge is -2.21. The summed E-state index contributed by atoms with van der Waals surface area (Å²) in [5.41, 5.74) is 3.62. The molecular weight excluding hydrogens is 376 g/mol. The fraction of sp³-hybridized carbons (Fsp3) is 0.238. The minimum Gasteiger partial charge on any atom is -0.444 e. The van der Waals surface area contributed by atoms with Crippen molar-refractivity contribution in [2.45, 2.75) is 17.4 Å². The highest BCUT2D eigenvalue weighted by atomic mass is 32.2. The van der Waals surface area contributed by atoms with Crippen molar-refractivity contribution in [3.63, 3.8) is 0 Å². The number of carbonyl (C=O) groups is 1. The molecule has 3 aromatic rings. The Morgan fingerprint density at radius 2 is 1.93 bits per heavy atom. The van der Waals surface area contributed by atoms with Gasteiger partial charge in [0.15, 0.2) is 0 Å². The van der Waals surface area contributed by atoms with Gasteiger partial charge in [-0.1, -0.05) is 30.3 Å². The van der Waals surface area contributed by atoms with Crippen LogP contribution in [0.5, 0.6) is 0 Å². The van der Waals surface area contributed by atoms with Crippen molar-refractivity contribution in [1.82, 2.24) is 4.98 Å². The van der Waals surface area contributed by atoms with Crippen LogP contribution >= 0.6 is 23.5 Å². The molecule has 1 N–H and O–H groups in total. The van der Waals surface area contributed by atoms with Crippen LogP contribution in [0.4, 0.5) is 5.69 Å². The average Bonchev–Trinajstić information content (AvgIpc) is 3.18. The molecule has 0 spiro atoms. The second-order valence-corrected chi connectivity index (χ2v) is 9.01. The van der Waals surface area contributed by atoms with Gasteiger partial charge in [0.2, 0.25) is 11.8 Å². The van der Waals surface area contributed by atoms with Gasteiger partial charge in [-0.3, -0.25) is 4.79 Å². The van der Waals surface area contributed by atoms with Gasteiger partial charge in [-0.25, -0.2) is 4.98 Å². The van der Waals surface area contributed by atoms with Crippen molar-refractivity contribution in [2.75, 3.05) is 16.8 Å². The SMILES string of the molecule is O=C(Cc1coc(-c2ccccc2)n1)Nc1cccc(C2SCCCS2)c1. The standard InChI is InChI=1S/C21H20N2O2S2/c24-19(13-18-14-25-20(23-18)15-6-2-1-3-7-15)22-17-9-4-8-16(12-17)21-26-10-5-11-27-21/h1-4,6-9,12,14,21H,5,10-11,13H2,(H,22,24). The number of nitrogens with one attached hydrogen (secondary N) is 1. The maximum absolute atomic E-state index is 12.4. The van der Waals surface area contributed by atoms with Crippen LogP contribution in [-0.4, -0.2) is 22.4 Å². The molecule has 0 aliphatic carbocycles. The van der Waals surface area contributed by atoms with Gasteiger partial charge in [0.25, 0.3) is 0 Å². The van der Waals surface area contributed by atoms with Crippen molar-refractivity contribution in [2.24, 2.45) is 0 Å². The first-order valence-corrected chi connectivity index (χ1v) is 11.0. The number of carbonyl (C=O) groups excluding carboxylic acids is 1. The molecule has 0 bridgehead atoms. The van der Waals surface area contributed by atoms with Crippen LogP contribution in [0, 0.1) is 0 Å². The van der Waals surface area contributed by atoms with Crippen LogP contribution in [-0.2, 0) is 11.2 Å². The Morgan fingerprint density at radius 1 is 1.11 bits per heavy atom. The van der Waals surface area contributed by atoms with Crippen LogP contribution in [0.2, 0.25) is 0 Å². The molecule has 0 radical (unpaired) electrons. The van der Waals surface area contributed by atoms with Crippen LogP contribution < -0.4 is 5.32 Å². The van der Waals surface area contributed by atoms with Crippen LogP contribution in [0.3, 0.4) is 0 Å². The summed E-state index contributed by atoms with van der Waals surface area (Å²) < 4.78 is 5.96. The molecule has 4 nitrogen and oxygen atoms in total. The zero-order valence-electron chi connectivity index (χ0n) is 14.8. The average molecular weight is 397 g/mol. The van der Waals surface area contributed by atoms with Gasteiger partial charge < -0.3 is 9.73 Å². The van der Waals surface area contributed by atoms with E-state index in [0.717, 1.165) is 11.3 Å². The van der Waals surface area contributed by atoms with E-state index in [1.165, 1.54) is 23.5 Å². The highest BCUT2D eigenvalue weighted by molar-refractivity contribution is 8.16. The normalized spacial score (nSPS) is 14.8. The molecule has 1 amide bonds. The fourth-order valence-corrected chi connectivity index (χ4v) is 5.79. The van der Waals surface area contributed by atoms with E-state index in [2.05, 4.69) is 22.4 Å². The lowest BCUT2D eigenvalue weighted by Crippen LogP contribution is -2.14. The van der Waals surface area contributed by atoms with Crippen molar-refractivity contribution in [3.05, 3.63) is 72.1 Å². The van der Waals surface area contributed by atoms with E-state index in [4.69, 9.17) is 4.42 Å². The van der Waals surface area contributed by atoms with Crippen molar-refractivity contribution >= 4 is 35.1 Å². The molecule has 0 unspecified atom stereocenters. The molecule has 1 fully saturated rings. The van der Waals surface area contributed by atoms with Gasteiger partial charge in [0.1, 0.15) is 6.26 Å². The molecule has 1 aromatic heterocycles. The molecule has 1 aliphatic heterocycles. The zero-order chi connectivity index (χ0) is 18.5. The summed E-state index contributed by atoms with van der Waals surface area (Å²) in [6.07, 6.45) is 3.01. The molecule has 0 saturated carbocycles. The second-order valence-electron chi connectivity index (χ2n) is 6.29. The van der Waals surface area contributed by atoms with E-state index in [1.54, 1.807) is 6.26 Å². The summed E-state index contributed by atoms with van der Waals surface area (Å²) >= 11 is 3.95. The number of benzene rings is 2. The first-order chi connectivity index (χ1) is 13.3. The number of rotatable bonds is 5. The molecule has 6 heteroatoms. The third kappa shape index (κ3) is 4.76. The topological polar surface area (TPSA) is 55.1 Å². The van der Waals surface area contributed by atoms with Gasteiger partial charge in [0.05, 0.1) is 16.7 Å². The van der Waals surface area contributed by atoms with E-state index < -0.39 is 0 Å². The van der Waals surface area contributed by atoms with Crippen molar-refractivity contribution < 1.29 is 9.21 Å². The number of hydrogen-bond donors (Lipinski definition) is 1. The number of anilines is 1. The molecular formula is C21H20N2O2S2. The Balaban J connectivity index is 1.39. The molecule has 4 rings (SSSR count). The summed E-state index contributed by atoms with van der Waals surface area (Å²) in [7, 11) is 0. The van der Waals surface area contributed by atoms with Crippen molar-refractivity contribution in [3.8, 4) is 11.5 Å². The van der Waals surface area contributed by atoms with Crippen LogP contribution in [0.15, 0.2) is 65.3 Å². The zero-order valence-corrected chi connectivity index (χ0v) is 16.4. The summed E-state index contributed by atoms with van der Waals surface area (Å²) in [5.74, 6) is 2.84. The predicted molar refractivity (Wildman–Crippen MR) is 113 cm³/mol. The fourth-order valence-electron chi connectivity index (χ4n) is 2.91. The Kier molecular flexibility index (Phi) is 5.84. The molecule has 2 aromatic carbocycles. The smallest absolute Gasteiger partial charge is 0.230 e. The molecule has 27 heavy (non-hydrogen) atoms. The molecule has 2 heterocycles. The quantitative estimate of drug-likeness (QED) is 0.626. The van der Waals surface area contributed by atoms with Crippen molar-refractivity contribution in [1.29, 1.82) is 0 Å². The van der Waals surface area contributed by atoms with Gasteiger partial charge >= 0.3 is 0 Å². The van der Waals surface area contributed by atoms with E-state index in [9.17, 15) is 4.79 Å². The summed E-state index contributed by atoms with van der Waals surface area (Å²) in [4.78, 5) is 16.8. The number of hydrogen-bond acceptors (Lipinski definition) is 5. The lowest BCUT2D eigenvalue weighted by atomic mass is 10.2. The van der Waals surface area contributed by atoms with Crippen LogP contribution in [0.1, 0.15) is 22.3 Å². The molecule has 0 atom stereocenters. The summed E-state index contributed by atoms with van der Waals surface area (Å²) in [6.45, 7) is 0. The number of thioether (sulfide) groups is 2. The highest BCUT2D eigenvalue weighted by Gasteiger charge is 2.17. The lowest BCUT2D eigenvalue weighted by molar-refractivity contribution is -0.115. The molecule has 1 aliphatic rings. The monoisotopic (exact) mass is 396 g/mol. The van der Waals surface area contributed by atoms with Gasteiger partial charge in [-0.05, 0) is 47.8 Å². The second kappa shape index (κ2) is 8.67. The van der Waals surface area contributed by atoms with E-state index in [-0.39, 0.29) is 12.3 Å². The number of amides is 1.